The maximum atomic E-state index is 10.8. The van der Waals surface area contributed by atoms with E-state index in [1.54, 1.807) is 6.92 Å². The summed E-state index contributed by atoms with van der Waals surface area (Å²) in [5.74, 6) is -0.541. The second kappa shape index (κ2) is 5.87. The first-order valence-corrected chi connectivity index (χ1v) is 3.73. The average molecular weight is 192 g/mol. The summed E-state index contributed by atoms with van der Waals surface area (Å²) in [5.41, 5.74) is 5.04. The Labute approximate surface area is 76.1 Å². The van der Waals surface area contributed by atoms with Crippen molar-refractivity contribution < 1.29 is 14.6 Å². The molecule has 0 aliphatic heterocycles. The van der Waals surface area contributed by atoms with Crippen LogP contribution in [-0.4, -0.2) is 35.8 Å². The van der Waals surface area contributed by atoms with Crippen molar-refractivity contribution in [3.8, 4) is 0 Å². The lowest BCUT2D eigenvalue weighted by Gasteiger charge is -2.14. The summed E-state index contributed by atoms with van der Waals surface area (Å²) in [6.45, 7) is 1.30. The minimum atomic E-state index is -0.784. The van der Waals surface area contributed by atoms with Crippen LogP contribution in [0.15, 0.2) is 0 Å². The molecule has 0 spiro atoms. The first kappa shape index (κ1) is 11.3. The largest absolute Gasteiger partial charge is 0.468 e. The quantitative estimate of drug-likeness (QED) is 0.300. The van der Waals surface area contributed by atoms with E-state index in [4.69, 9.17) is 5.11 Å². The van der Waals surface area contributed by atoms with Crippen LogP contribution in [-0.2, 0) is 9.53 Å². The van der Waals surface area contributed by atoms with E-state index in [0.717, 1.165) is 0 Å². The van der Waals surface area contributed by atoms with E-state index in [1.165, 1.54) is 7.11 Å². The van der Waals surface area contributed by atoms with Crippen LogP contribution in [0.25, 0.3) is 0 Å². The number of hydrogen-bond donors (Lipinski definition) is 3. The van der Waals surface area contributed by atoms with Crippen molar-refractivity contribution in [2.45, 2.75) is 13.0 Å². The number of ether oxygens (including phenoxy) is 1. The average Bonchev–Trinajstić information content (AvgIpc) is 2.04. The molecule has 0 aliphatic carbocycles. The Kier molecular flexibility index (Phi) is 5.52. The summed E-state index contributed by atoms with van der Waals surface area (Å²) in [7, 11) is 1.25. The Morgan fingerprint density at radius 1 is 1.75 bits per heavy atom. The highest BCUT2D eigenvalue weighted by Gasteiger charge is 2.16. The molecule has 0 fully saturated rings. The maximum absolute atomic E-state index is 10.8. The number of thiocarbonyl (C=S) groups is 1. The van der Waals surface area contributed by atoms with Crippen LogP contribution in [0.4, 0.5) is 0 Å². The van der Waals surface area contributed by atoms with Gasteiger partial charge >= 0.3 is 5.97 Å². The number of rotatable bonds is 4. The van der Waals surface area contributed by atoms with Crippen LogP contribution >= 0.6 is 12.2 Å². The minimum absolute atomic E-state index is 0.345. The topological polar surface area (TPSA) is 70.6 Å². The molecule has 0 amide bonds. The number of carbonyl (C=O) groups is 1. The summed E-state index contributed by atoms with van der Waals surface area (Å²) in [5, 5.41) is 8.69. The third-order valence-electron chi connectivity index (χ3n) is 1.09. The molecule has 5 nitrogen and oxygen atoms in total. The Bertz CT molecular complexity index is 174. The predicted molar refractivity (Wildman–Crippen MR) is 47.4 cm³/mol. The van der Waals surface area contributed by atoms with Crippen LogP contribution in [0.3, 0.4) is 0 Å². The first-order valence-electron chi connectivity index (χ1n) is 3.32. The van der Waals surface area contributed by atoms with Gasteiger partial charge in [-0.25, -0.2) is 5.43 Å². The van der Waals surface area contributed by atoms with Crippen molar-refractivity contribution in [3.05, 3.63) is 0 Å². The number of carbonyl (C=O) groups excluding carboxylic acids is 1. The molecule has 70 valence electrons. The van der Waals surface area contributed by atoms with E-state index in [-0.39, 0.29) is 6.61 Å². The summed E-state index contributed by atoms with van der Waals surface area (Å²) in [6.07, 6.45) is 0. The van der Waals surface area contributed by atoms with E-state index < -0.39 is 12.0 Å². The van der Waals surface area contributed by atoms with Gasteiger partial charge in [0.1, 0.15) is 6.04 Å². The lowest BCUT2D eigenvalue weighted by atomic mass is 10.3. The normalized spacial score (nSPS) is 11.9. The Hall–Kier alpha value is -0.720. The summed E-state index contributed by atoms with van der Waals surface area (Å²) in [4.78, 5) is 11.3. The zero-order valence-electron chi connectivity index (χ0n) is 6.96. The summed E-state index contributed by atoms with van der Waals surface area (Å²) in [6, 6.07) is -0.784. The molecular formula is C6H12N2O3S. The molecule has 0 heterocycles. The molecule has 0 aromatic carbocycles. The van der Waals surface area contributed by atoms with Gasteiger partial charge < -0.3 is 15.3 Å². The Balaban J connectivity index is 3.83. The molecule has 0 aromatic heterocycles. The highest BCUT2D eigenvalue weighted by atomic mass is 32.1. The number of esters is 1. The fraction of sp³-hybridized carbons (Fsp3) is 0.667. The monoisotopic (exact) mass is 192 g/mol. The van der Waals surface area contributed by atoms with E-state index in [0.29, 0.717) is 4.99 Å². The molecule has 0 rings (SSSR count). The fourth-order valence-corrected chi connectivity index (χ4v) is 0.569. The van der Waals surface area contributed by atoms with Crippen LogP contribution in [0.2, 0.25) is 0 Å². The first-order chi connectivity index (χ1) is 5.61. The van der Waals surface area contributed by atoms with Crippen LogP contribution in [0.1, 0.15) is 6.92 Å². The number of nitrogens with one attached hydrogen (secondary N) is 2. The van der Waals surface area contributed by atoms with Crippen LogP contribution in [0, 0.1) is 0 Å². The third-order valence-corrected chi connectivity index (χ3v) is 1.19. The lowest BCUT2D eigenvalue weighted by molar-refractivity contribution is -0.144. The van der Waals surface area contributed by atoms with Gasteiger partial charge in [-0.15, -0.1) is 0 Å². The molecule has 0 saturated carbocycles. The van der Waals surface area contributed by atoms with Gasteiger partial charge in [0, 0.05) is 0 Å². The highest BCUT2D eigenvalue weighted by Crippen LogP contribution is 1.84. The predicted octanol–water partition coefficient (Wildman–Crippen LogP) is -1.04. The molecule has 0 aromatic rings. The van der Waals surface area contributed by atoms with Gasteiger partial charge in [0.05, 0.1) is 18.7 Å². The van der Waals surface area contributed by atoms with Gasteiger partial charge in [-0.05, 0) is 6.92 Å². The van der Waals surface area contributed by atoms with E-state index in [2.05, 4.69) is 27.8 Å². The summed E-state index contributed by atoms with van der Waals surface area (Å²) < 4.78 is 4.39. The zero-order chi connectivity index (χ0) is 9.56. The molecular weight excluding hydrogens is 180 g/mol. The molecule has 6 heteroatoms. The van der Waals surface area contributed by atoms with Crippen molar-refractivity contribution >= 4 is 23.2 Å². The Morgan fingerprint density at radius 3 is 2.67 bits per heavy atom. The third kappa shape index (κ3) is 4.22. The van der Waals surface area contributed by atoms with Gasteiger partial charge in [-0.2, -0.15) is 0 Å². The molecule has 1 atom stereocenters. The fourth-order valence-electron chi connectivity index (χ4n) is 0.510. The SMILES string of the molecule is COC(=O)[C@H](CO)NNC(C)=S. The van der Waals surface area contributed by atoms with Gasteiger partial charge in [0.25, 0.3) is 0 Å². The van der Waals surface area contributed by atoms with E-state index in [1.807, 2.05) is 0 Å². The van der Waals surface area contributed by atoms with Gasteiger partial charge in [0.15, 0.2) is 0 Å². The Morgan fingerprint density at radius 2 is 2.33 bits per heavy atom. The lowest BCUT2D eigenvalue weighted by Crippen LogP contribution is -2.49. The number of methoxy groups -OCH3 is 1. The van der Waals surface area contributed by atoms with Gasteiger partial charge in [0.2, 0.25) is 0 Å². The molecule has 0 saturated heterocycles. The smallest absolute Gasteiger partial charge is 0.327 e. The second-order valence-electron chi connectivity index (χ2n) is 2.08. The molecule has 12 heavy (non-hydrogen) atoms. The number of aliphatic hydroxyl groups excluding tert-OH is 1. The summed E-state index contributed by atoms with van der Waals surface area (Å²) >= 11 is 4.68. The molecule has 3 N–H and O–H groups in total. The van der Waals surface area contributed by atoms with Crippen molar-refractivity contribution in [2.75, 3.05) is 13.7 Å². The number of hydrogen-bond acceptors (Lipinski definition) is 5. The highest BCUT2D eigenvalue weighted by molar-refractivity contribution is 7.80. The minimum Gasteiger partial charge on any atom is -0.468 e. The van der Waals surface area contributed by atoms with E-state index in [9.17, 15) is 4.79 Å². The van der Waals surface area contributed by atoms with Gasteiger partial charge in [-0.3, -0.25) is 4.79 Å². The molecule has 0 unspecified atom stereocenters. The molecule has 0 bridgehead atoms. The zero-order valence-corrected chi connectivity index (χ0v) is 7.77. The standard InChI is InChI=1S/C6H12N2O3S/c1-4(12)7-8-5(3-9)6(10)11-2/h5,8-9H,3H2,1-2H3,(H,7,12)/t5-/m0/s1. The van der Waals surface area contributed by atoms with Crippen molar-refractivity contribution in [3.63, 3.8) is 0 Å². The molecule has 0 aliphatic rings. The van der Waals surface area contributed by atoms with Crippen molar-refractivity contribution in [1.29, 1.82) is 0 Å². The number of hydrazine groups is 1. The molecule has 0 radical (unpaired) electrons. The maximum Gasteiger partial charge on any atom is 0.327 e. The number of aliphatic hydroxyl groups is 1. The second-order valence-corrected chi connectivity index (χ2v) is 2.70. The van der Waals surface area contributed by atoms with Crippen LogP contribution < -0.4 is 10.9 Å². The van der Waals surface area contributed by atoms with E-state index >= 15 is 0 Å². The van der Waals surface area contributed by atoms with Crippen LogP contribution in [0.5, 0.6) is 0 Å². The van der Waals surface area contributed by atoms with Crippen molar-refractivity contribution in [2.24, 2.45) is 0 Å². The van der Waals surface area contributed by atoms with Gasteiger partial charge in [-0.1, -0.05) is 12.2 Å². The van der Waals surface area contributed by atoms with Crippen molar-refractivity contribution in [1.82, 2.24) is 10.9 Å².